The molecular weight excluding hydrogens is 462 g/mol. The zero-order valence-corrected chi connectivity index (χ0v) is 18.6. The lowest BCUT2D eigenvalue weighted by Crippen LogP contribution is -2.36. The number of thiophene rings is 1. The summed E-state index contributed by atoms with van der Waals surface area (Å²) in [4.78, 5) is 0. The summed E-state index contributed by atoms with van der Waals surface area (Å²) < 4.78 is 36.4. The van der Waals surface area contributed by atoms with Crippen LogP contribution in [0, 0.1) is 0 Å². The molecule has 0 radical (unpaired) electrons. The predicted octanol–water partition coefficient (Wildman–Crippen LogP) is 3.71. The molecule has 0 unspecified atom stereocenters. The van der Waals surface area contributed by atoms with Crippen molar-refractivity contribution in [1.82, 2.24) is 14.1 Å². The Morgan fingerprint density at radius 2 is 1.96 bits per heavy atom. The smallest absolute Gasteiger partial charge is 0.252 e. The van der Waals surface area contributed by atoms with E-state index in [0.717, 1.165) is 26.3 Å². The lowest BCUT2D eigenvalue weighted by atomic mass is 10.1. The van der Waals surface area contributed by atoms with E-state index in [0.29, 0.717) is 36.9 Å². The maximum Gasteiger partial charge on any atom is 0.252 e. The molecule has 0 saturated carbocycles. The fraction of sp³-hybridized carbons (Fsp3) is 0.316. The highest BCUT2D eigenvalue weighted by molar-refractivity contribution is 9.11. The lowest BCUT2D eigenvalue weighted by molar-refractivity contribution is 0.103. The molecule has 0 fully saturated rings. The zero-order valence-electron chi connectivity index (χ0n) is 15.3. The average Bonchev–Trinajstić information content (AvgIpc) is 3.27. The molecule has 0 bridgehead atoms. The second kappa shape index (κ2) is 8.08. The van der Waals surface area contributed by atoms with Crippen LogP contribution in [0.1, 0.15) is 22.5 Å². The number of rotatable bonds is 6. The van der Waals surface area contributed by atoms with Gasteiger partial charge in [0.1, 0.15) is 4.21 Å². The van der Waals surface area contributed by atoms with Crippen LogP contribution in [0.25, 0.3) is 0 Å². The number of aromatic nitrogens is 2. The summed E-state index contributed by atoms with van der Waals surface area (Å²) in [5, 5.41) is 4.58. The molecule has 0 N–H and O–H groups in total. The van der Waals surface area contributed by atoms with E-state index in [-0.39, 0.29) is 0 Å². The van der Waals surface area contributed by atoms with Crippen molar-refractivity contribution in [2.24, 2.45) is 7.05 Å². The van der Waals surface area contributed by atoms with Gasteiger partial charge in [-0.1, -0.05) is 30.3 Å². The molecular formula is C19H20BrN3O3S2. The fourth-order valence-electron chi connectivity index (χ4n) is 3.37. The van der Waals surface area contributed by atoms with E-state index in [1.807, 2.05) is 42.1 Å². The fourth-order valence-corrected chi connectivity index (χ4v) is 6.94. The Kier molecular flexibility index (Phi) is 5.71. The Bertz CT molecular complexity index is 1080. The molecule has 0 spiro atoms. The Morgan fingerprint density at radius 1 is 1.18 bits per heavy atom. The van der Waals surface area contributed by atoms with Gasteiger partial charge in [0.05, 0.1) is 22.7 Å². The Balaban J connectivity index is 1.51. The maximum absolute atomic E-state index is 13.0. The van der Waals surface area contributed by atoms with Gasteiger partial charge in [-0.3, -0.25) is 4.68 Å². The number of hydrogen-bond acceptors (Lipinski definition) is 5. The van der Waals surface area contributed by atoms with Gasteiger partial charge in [-0.15, -0.1) is 11.3 Å². The summed E-state index contributed by atoms with van der Waals surface area (Å²) in [7, 11) is -1.61. The summed E-state index contributed by atoms with van der Waals surface area (Å²) in [6.45, 7) is 1.63. The molecule has 3 aromatic rings. The number of sulfonamides is 1. The molecule has 148 valence electrons. The average molecular weight is 482 g/mol. The van der Waals surface area contributed by atoms with Gasteiger partial charge in [0.2, 0.25) is 0 Å². The van der Waals surface area contributed by atoms with E-state index in [9.17, 15) is 8.42 Å². The van der Waals surface area contributed by atoms with Crippen molar-refractivity contribution in [2.75, 3.05) is 6.54 Å². The molecule has 3 heterocycles. The first-order valence-electron chi connectivity index (χ1n) is 8.86. The van der Waals surface area contributed by atoms with Gasteiger partial charge >= 0.3 is 0 Å². The minimum absolute atomic E-state index is 0.324. The molecule has 1 aromatic carbocycles. The number of nitrogens with zero attached hydrogens (tertiary/aromatic N) is 3. The second-order valence-electron chi connectivity index (χ2n) is 6.62. The summed E-state index contributed by atoms with van der Waals surface area (Å²) in [6, 6.07) is 13.4. The molecule has 0 atom stereocenters. The van der Waals surface area contributed by atoms with Gasteiger partial charge in [-0.2, -0.15) is 9.40 Å². The highest BCUT2D eigenvalue weighted by Crippen LogP contribution is 2.32. The van der Waals surface area contributed by atoms with Crippen LogP contribution in [-0.4, -0.2) is 29.0 Å². The van der Waals surface area contributed by atoms with Crippen molar-refractivity contribution >= 4 is 37.3 Å². The number of fused-ring (bicyclic) bond motifs is 1. The first kappa shape index (κ1) is 19.8. The maximum atomic E-state index is 13.0. The molecule has 0 saturated heterocycles. The molecule has 2 aromatic heterocycles. The van der Waals surface area contributed by atoms with Gasteiger partial charge < -0.3 is 4.74 Å². The number of hydrogen-bond donors (Lipinski definition) is 0. The Labute approximate surface area is 176 Å². The van der Waals surface area contributed by atoms with E-state index in [1.165, 1.54) is 15.6 Å². The van der Waals surface area contributed by atoms with Crippen molar-refractivity contribution in [1.29, 1.82) is 0 Å². The minimum atomic E-state index is -3.51. The quantitative estimate of drug-likeness (QED) is 0.538. The molecule has 28 heavy (non-hydrogen) atoms. The van der Waals surface area contributed by atoms with Crippen LogP contribution in [0.3, 0.4) is 0 Å². The highest BCUT2D eigenvalue weighted by atomic mass is 79.9. The van der Waals surface area contributed by atoms with Crippen LogP contribution in [0.2, 0.25) is 0 Å². The van der Waals surface area contributed by atoms with Gasteiger partial charge in [0.25, 0.3) is 10.0 Å². The number of ether oxygens (including phenoxy) is 1. The van der Waals surface area contributed by atoms with Crippen molar-refractivity contribution in [3.63, 3.8) is 0 Å². The Morgan fingerprint density at radius 3 is 2.68 bits per heavy atom. The Hall–Kier alpha value is -1.52. The molecule has 1 aliphatic heterocycles. The molecule has 0 aliphatic carbocycles. The van der Waals surface area contributed by atoms with E-state index < -0.39 is 10.0 Å². The van der Waals surface area contributed by atoms with E-state index in [4.69, 9.17) is 4.74 Å². The van der Waals surface area contributed by atoms with Crippen LogP contribution >= 0.6 is 27.3 Å². The highest BCUT2D eigenvalue weighted by Gasteiger charge is 2.32. The van der Waals surface area contributed by atoms with Crippen LogP contribution in [0.4, 0.5) is 0 Å². The molecule has 6 nitrogen and oxygen atoms in total. The molecule has 9 heteroatoms. The number of halogens is 1. The third-order valence-electron chi connectivity index (χ3n) is 4.78. The third-order valence-corrected chi connectivity index (χ3v) is 8.72. The van der Waals surface area contributed by atoms with Gasteiger partial charge in [0, 0.05) is 37.8 Å². The first-order chi connectivity index (χ1) is 13.4. The first-order valence-corrected chi connectivity index (χ1v) is 11.9. The van der Waals surface area contributed by atoms with Gasteiger partial charge in [-0.05, 0) is 33.6 Å². The predicted molar refractivity (Wildman–Crippen MR) is 111 cm³/mol. The molecule has 0 amide bonds. The molecule has 4 rings (SSSR count). The van der Waals surface area contributed by atoms with E-state index in [1.54, 1.807) is 12.1 Å². The van der Waals surface area contributed by atoms with Crippen molar-refractivity contribution in [2.45, 2.75) is 30.4 Å². The topological polar surface area (TPSA) is 64.4 Å². The number of aryl methyl sites for hydroxylation is 1. The van der Waals surface area contributed by atoms with Crippen molar-refractivity contribution in [3.8, 4) is 0 Å². The van der Waals surface area contributed by atoms with Crippen LogP contribution in [-0.2, 0) is 48.0 Å². The monoisotopic (exact) mass is 481 g/mol. The standard InChI is InChI=1S/C19H20BrN3O3S2/c1-22-17-9-10-23(28(24,25)19-8-7-18(20)27-19)11-15(17)16(21-22)13-26-12-14-5-3-2-4-6-14/h2-8H,9-13H2,1H3. The molecule has 1 aliphatic rings. The summed E-state index contributed by atoms with van der Waals surface area (Å²) >= 11 is 4.57. The zero-order chi connectivity index (χ0) is 19.7. The van der Waals surface area contributed by atoms with Crippen LogP contribution < -0.4 is 0 Å². The van der Waals surface area contributed by atoms with Crippen molar-refractivity contribution in [3.05, 3.63) is 68.8 Å². The SMILES string of the molecule is Cn1nc(COCc2ccccc2)c2c1CCN(S(=O)(=O)c1ccc(Br)s1)C2. The van der Waals surface area contributed by atoms with Crippen LogP contribution in [0.15, 0.2) is 50.5 Å². The summed E-state index contributed by atoms with van der Waals surface area (Å²) in [5.41, 5.74) is 3.94. The number of benzene rings is 1. The summed E-state index contributed by atoms with van der Waals surface area (Å²) in [5.74, 6) is 0. The second-order valence-corrected chi connectivity index (χ2v) is 11.2. The van der Waals surface area contributed by atoms with E-state index in [2.05, 4.69) is 21.0 Å². The van der Waals surface area contributed by atoms with Gasteiger partial charge in [-0.25, -0.2) is 8.42 Å². The normalized spacial score (nSPS) is 14.9. The van der Waals surface area contributed by atoms with E-state index >= 15 is 0 Å². The summed E-state index contributed by atoms with van der Waals surface area (Å²) in [6.07, 6.45) is 0.642. The largest absolute Gasteiger partial charge is 0.370 e. The lowest BCUT2D eigenvalue weighted by Gasteiger charge is -2.26. The minimum Gasteiger partial charge on any atom is -0.370 e. The van der Waals surface area contributed by atoms with Crippen molar-refractivity contribution < 1.29 is 13.2 Å². The third kappa shape index (κ3) is 3.95. The van der Waals surface area contributed by atoms with Gasteiger partial charge in [0.15, 0.2) is 0 Å². The van der Waals surface area contributed by atoms with Crippen LogP contribution in [0.5, 0.6) is 0 Å².